The van der Waals surface area contributed by atoms with E-state index in [-0.39, 0.29) is 0 Å². The molecule has 0 heterocycles. The first-order valence-corrected chi connectivity index (χ1v) is 10.3. The minimum absolute atomic E-state index is 0.310. The second-order valence-corrected chi connectivity index (χ2v) is 6.81. The molecule has 0 aliphatic carbocycles. The van der Waals surface area contributed by atoms with Gasteiger partial charge in [0, 0.05) is 0 Å². The highest BCUT2D eigenvalue weighted by Crippen LogP contribution is 2.11. The Morgan fingerprint density at radius 2 is 0.846 bits per heavy atom. The normalized spacial score (nSPS) is 10.3. The minimum atomic E-state index is -0.452. The van der Waals surface area contributed by atoms with Gasteiger partial charge in [-0.3, -0.25) is 0 Å². The maximum atomic E-state index is 11.5. The second kappa shape index (κ2) is 19.7. The van der Waals surface area contributed by atoms with Gasteiger partial charge in [0.15, 0.2) is 0 Å². The summed E-state index contributed by atoms with van der Waals surface area (Å²) in [6, 6.07) is 0. The van der Waals surface area contributed by atoms with Gasteiger partial charge in [-0.25, -0.2) is 19.4 Å². The third kappa shape index (κ3) is 18.8. The molecular weight excluding hydrogens is 328 g/mol. The molecule has 0 radical (unpaired) electrons. The van der Waals surface area contributed by atoms with E-state index >= 15 is 0 Å². The Balaban J connectivity index is 3.35. The number of carbonyl (C=O) groups excluding carboxylic acids is 2. The first-order valence-electron chi connectivity index (χ1n) is 10.3. The lowest BCUT2D eigenvalue weighted by Crippen LogP contribution is -2.11. The summed E-state index contributed by atoms with van der Waals surface area (Å²) in [5.41, 5.74) is 0. The lowest BCUT2D eigenvalue weighted by molar-refractivity contribution is -0.259. The van der Waals surface area contributed by atoms with Gasteiger partial charge in [-0.2, -0.15) is 0 Å². The fourth-order valence-electron chi connectivity index (χ4n) is 2.71. The van der Waals surface area contributed by atoms with Crippen molar-refractivity contribution in [1.29, 1.82) is 0 Å². The van der Waals surface area contributed by atoms with Crippen LogP contribution in [0.4, 0.5) is 0 Å². The second-order valence-electron chi connectivity index (χ2n) is 6.81. The predicted octanol–water partition coefficient (Wildman–Crippen LogP) is 6.60. The van der Waals surface area contributed by atoms with Gasteiger partial charge < -0.3 is 0 Å². The van der Waals surface area contributed by atoms with E-state index in [1.165, 1.54) is 38.5 Å². The molecule has 0 unspecified atom stereocenters. The minimum Gasteiger partial charge on any atom is -0.247 e. The molecule has 0 aliphatic heterocycles. The van der Waals surface area contributed by atoms with Gasteiger partial charge in [0.1, 0.15) is 0 Å². The zero-order valence-electron chi connectivity index (χ0n) is 16.5. The average Bonchev–Trinajstić information content (AvgIpc) is 2.64. The van der Waals surface area contributed by atoms with Crippen LogP contribution in [0.2, 0.25) is 0 Å². The molecule has 0 amide bonds. The number of rotatable bonds is 18. The molecule has 0 saturated carbocycles. The molecule has 26 heavy (non-hydrogen) atoms. The Labute approximate surface area is 160 Å². The quantitative estimate of drug-likeness (QED) is 0.119. The van der Waals surface area contributed by atoms with Crippen LogP contribution in [0, 0.1) is 0 Å². The van der Waals surface area contributed by atoms with E-state index in [9.17, 15) is 9.59 Å². The van der Waals surface area contributed by atoms with E-state index in [0.717, 1.165) is 51.4 Å². The summed E-state index contributed by atoms with van der Waals surface area (Å²) in [5.74, 6) is -0.903. The molecule has 0 atom stereocenters. The van der Waals surface area contributed by atoms with Crippen molar-refractivity contribution in [3.05, 3.63) is 25.3 Å². The van der Waals surface area contributed by atoms with Crippen LogP contribution in [0.25, 0.3) is 0 Å². The molecule has 4 heteroatoms. The van der Waals surface area contributed by atoms with Crippen molar-refractivity contribution in [2.45, 2.75) is 103 Å². The highest BCUT2D eigenvalue weighted by molar-refractivity contribution is 5.72. The number of carbonyl (C=O) groups is 2. The summed E-state index contributed by atoms with van der Waals surface area (Å²) in [5, 5.41) is 0. The number of allylic oxidation sites excluding steroid dienone is 2. The van der Waals surface area contributed by atoms with Crippen molar-refractivity contribution < 1.29 is 19.4 Å². The molecule has 0 fully saturated rings. The summed E-state index contributed by atoms with van der Waals surface area (Å²) in [6.45, 7) is 7.41. The SMILES string of the molecule is C=CCCCCCCCCC(=O)OOC(=O)CCCCCCCCC=C. The molecule has 0 bridgehead atoms. The third-order valence-corrected chi connectivity index (χ3v) is 4.31. The smallest absolute Gasteiger partial charge is 0.247 e. The molecule has 0 aromatic rings. The van der Waals surface area contributed by atoms with Gasteiger partial charge in [-0.05, 0) is 38.5 Å². The highest BCUT2D eigenvalue weighted by Gasteiger charge is 2.09. The Morgan fingerprint density at radius 1 is 0.538 bits per heavy atom. The highest BCUT2D eigenvalue weighted by atomic mass is 17.2. The number of unbranched alkanes of at least 4 members (excludes halogenated alkanes) is 12. The van der Waals surface area contributed by atoms with E-state index in [4.69, 9.17) is 0 Å². The monoisotopic (exact) mass is 366 g/mol. The van der Waals surface area contributed by atoms with Gasteiger partial charge in [0.25, 0.3) is 0 Å². The van der Waals surface area contributed by atoms with Crippen LogP contribution in [0.15, 0.2) is 25.3 Å². The van der Waals surface area contributed by atoms with Crippen LogP contribution in [0.3, 0.4) is 0 Å². The number of hydrogen-bond acceptors (Lipinski definition) is 4. The van der Waals surface area contributed by atoms with Crippen LogP contribution in [-0.4, -0.2) is 11.9 Å². The first-order chi connectivity index (χ1) is 12.7. The summed E-state index contributed by atoms with van der Waals surface area (Å²) in [7, 11) is 0. The zero-order chi connectivity index (χ0) is 19.3. The van der Waals surface area contributed by atoms with E-state index < -0.39 is 11.9 Å². The fourth-order valence-corrected chi connectivity index (χ4v) is 2.71. The molecule has 0 aromatic carbocycles. The zero-order valence-corrected chi connectivity index (χ0v) is 16.5. The lowest BCUT2D eigenvalue weighted by Gasteiger charge is -2.04. The van der Waals surface area contributed by atoms with Gasteiger partial charge in [0.2, 0.25) is 0 Å². The van der Waals surface area contributed by atoms with Crippen molar-refractivity contribution in [3.63, 3.8) is 0 Å². The van der Waals surface area contributed by atoms with E-state index in [0.29, 0.717) is 12.8 Å². The van der Waals surface area contributed by atoms with Crippen molar-refractivity contribution in [1.82, 2.24) is 0 Å². The summed E-state index contributed by atoms with van der Waals surface area (Å²) in [4.78, 5) is 32.2. The Hall–Kier alpha value is -1.58. The largest absolute Gasteiger partial charge is 0.355 e. The average molecular weight is 367 g/mol. The van der Waals surface area contributed by atoms with Crippen molar-refractivity contribution in [2.75, 3.05) is 0 Å². The summed E-state index contributed by atoms with van der Waals surface area (Å²) < 4.78 is 0. The molecular formula is C22H38O4. The molecule has 0 aliphatic rings. The van der Waals surface area contributed by atoms with E-state index in [2.05, 4.69) is 22.9 Å². The van der Waals surface area contributed by atoms with Crippen LogP contribution in [-0.2, 0) is 19.4 Å². The molecule has 0 spiro atoms. The molecule has 0 aromatic heterocycles. The molecule has 0 saturated heterocycles. The van der Waals surface area contributed by atoms with Crippen LogP contribution < -0.4 is 0 Å². The third-order valence-electron chi connectivity index (χ3n) is 4.31. The Morgan fingerprint density at radius 3 is 1.19 bits per heavy atom. The van der Waals surface area contributed by atoms with Crippen molar-refractivity contribution >= 4 is 11.9 Å². The van der Waals surface area contributed by atoms with Gasteiger partial charge in [-0.1, -0.05) is 63.5 Å². The molecule has 4 nitrogen and oxygen atoms in total. The van der Waals surface area contributed by atoms with Crippen molar-refractivity contribution in [2.24, 2.45) is 0 Å². The van der Waals surface area contributed by atoms with Gasteiger partial charge in [-0.15, -0.1) is 13.2 Å². The Kier molecular flexibility index (Phi) is 18.5. The summed E-state index contributed by atoms with van der Waals surface area (Å²) in [6.07, 6.45) is 19.7. The van der Waals surface area contributed by atoms with Crippen LogP contribution >= 0.6 is 0 Å². The van der Waals surface area contributed by atoms with E-state index in [1.54, 1.807) is 0 Å². The summed E-state index contributed by atoms with van der Waals surface area (Å²) >= 11 is 0. The van der Waals surface area contributed by atoms with Gasteiger partial charge >= 0.3 is 11.9 Å². The van der Waals surface area contributed by atoms with Gasteiger partial charge in [0.05, 0.1) is 12.8 Å². The lowest BCUT2D eigenvalue weighted by atomic mass is 10.1. The predicted molar refractivity (Wildman–Crippen MR) is 106 cm³/mol. The van der Waals surface area contributed by atoms with E-state index in [1.807, 2.05) is 12.2 Å². The topological polar surface area (TPSA) is 52.6 Å². The fraction of sp³-hybridized carbons (Fsp3) is 0.727. The standard InChI is InChI=1S/C22H38O4/c1-3-5-7-9-11-13-15-17-19-21(23)25-26-22(24)20-18-16-14-12-10-8-6-4-2/h3-4H,1-2,5-20H2. The molecule has 0 N–H and O–H groups in total. The first kappa shape index (κ1) is 24.4. The van der Waals surface area contributed by atoms with Crippen molar-refractivity contribution in [3.8, 4) is 0 Å². The maximum absolute atomic E-state index is 11.5. The maximum Gasteiger partial charge on any atom is 0.355 e. The Bertz CT molecular complexity index is 340. The van der Waals surface area contributed by atoms with Crippen LogP contribution in [0.1, 0.15) is 103 Å². The van der Waals surface area contributed by atoms with Crippen LogP contribution in [0.5, 0.6) is 0 Å². The molecule has 0 rings (SSSR count). The molecule has 150 valence electrons. The number of hydrogen-bond donors (Lipinski definition) is 0.